The van der Waals surface area contributed by atoms with Gasteiger partial charge in [-0.2, -0.15) is 5.10 Å². The molecule has 2 rings (SSSR count). The first kappa shape index (κ1) is 14.1. The summed E-state index contributed by atoms with van der Waals surface area (Å²) in [6.07, 6.45) is 0.972. The molecule has 0 aliphatic rings. The Balaban J connectivity index is 2.20. The van der Waals surface area contributed by atoms with E-state index in [0.29, 0.717) is 5.92 Å². The normalized spacial score (nSPS) is 12.6. The lowest BCUT2D eigenvalue weighted by molar-refractivity contribution is 0.591. The van der Waals surface area contributed by atoms with Crippen LogP contribution in [0.15, 0.2) is 30.3 Å². The first-order valence-electron chi connectivity index (χ1n) is 6.49. The van der Waals surface area contributed by atoms with Gasteiger partial charge in [0.05, 0.1) is 5.69 Å². The molecular formula is C15H20ClN3. The van der Waals surface area contributed by atoms with E-state index >= 15 is 0 Å². The van der Waals surface area contributed by atoms with E-state index in [1.807, 2.05) is 37.8 Å². The van der Waals surface area contributed by atoms with Gasteiger partial charge in [0.25, 0.3) is 0 Å². The van der Waals surface area contributed by atoms with Gasteiger partial charge < -0.3 is 5.32 Å². The van der Waals surface area contributed by atoms with E-state index in [1.54, 1.807) is 0 Å². The van der Waals surface area contributed by atoms with Gasteiger partial charge in [-0.05, 0) is 44.2 Å². The van der Waals surface area contributed by atoms with E-state index in [1.165, 1.54) is 11.3 Å². The van der Waals surface area contributed by atoms with E-state index in [9.17, 15) is 0 Å². The molecule has 0 spiro atoms. The third-order valence-corrected chi connectivity index (χ3v) is 3.60. The Morgan fingerprint density at radius 1 is 1.32 bits per heavy atom. The van der Waals surface area contributed by atoms with Gasteiger partial charge in [0.1, 0.15) is 0 Å². The van der Waals surface area contributed by atoms with Crippen molar-refractivity contribution in [1.29, 1.82) is 0 Å². The molecule has 1 aromatic heterocycles. The lowest BCUT2D eigenvalue weighted by Crippen LogP contribution is -2.20. The molecule has 0 saturated heterocycles. The molecule has 0 aliphatic carbocycles. The largest absolute Gasteiger partial charge is 0.319 e. The van der Waals surface area contributed by atoms with Crippen molar-refractivity contribution in [2.45, 2.75) is 19.3 Å². The fraction of sp³-hybridized carbons (Fsp3) is 0.400. The van der Waals surface area contributed by atoms with Gasteiger partial charge in [0.15, 0.2) is 0 Å². The van der Waals surface area contributed by atoms with Gasteiger partial charge >= 0.3 is 0 Å². The average Bonchev–Trinajstić information content (AvgIpc) is 2.68. The third-order valence-electron chi connectivity index (χ3n) is 3.35. The van der Waals surface area contributed by atoms with Crippen molar-refractivity contribution < 1.29 is 0 Å². The zero-order valence-electron chi connectivity index (χ0n) is 11.7. The molecule has 102 valence electrons. The summed E-state index contributed by atoms with van der Waals surface area (Å²) < 4.78 is 1.97. The van der Waals surface area contributed by atoms with Gasteiger partial charge in [-0.1, -0.05) is 23.7 Å². The number of nitrogens with zero attached hydrogens (tertiary/aromatic N) is 2. The highest BCUT2D eigenvalue weighted by atomic mass is 35.5. The number of halogens is 1. The monoisotopic (exact) mass is 277 g/mol. The zero-order chi connectivity index (χ0) is 13.8. The van der Waals surface area contributed by atoms with Crippen molar-refractivity contribution >= 4 is 11.6 Å². The number of benzene rings is 1. The lowest BCUT2D eigenvalue weighted by Gasteiger charge is -2.17. The van der Waals surface area contributed by atoms with Crippen LogP contribution in [0.25, 0.3) is 0 Å². The Morgan fingerprint density at radius 3 is 2.53 bits per heavy atom. The molecule has 0 amide bonds. The van der Waals surface area contributed by atoms with Crippen molar-refractivity contribution in [1.82, 2.24) is 15.1 Å². The van der Waals surface area contributed by atoms with E-state index in [2.05, 4.69) is 28.6 Å². The second-order valence-corrected chi connectivity index (χ2v) is 5.35. The van der Waals surface area contributed by atoms with Gasteiger partial charge in [-0.15, -0.1) is 0 Å². The fourth-order valence-corrected chi connectivity index (χ4v) is 2.52. The minimum absolute atomic E-state index is 0.428. The van der Waals surface area contributed by atoms with Crippen molar-refractivity contribution in [3.8, 4) is 0 Å². The summed E-state index contributed by atoms with van der Waals surface area (Å²) in [5.41, 5.74) is 3.63. The van der Waals surface area contributed by atoms with E-state index < -0.39 is 0 Å². The van der Waals surface area contributed by atoms with Crippen LogP contribution in [0.2, 0.25) is 5.02 Å². The summed E-state index contributed by atoms with van der Waals surface area (Å²) in [6.45, 7) is 2.96. The summed E-state index contributed by atoms with van der Waals surface area (Å²) in [5, 5.41) is 8.45. The molecule has 2 aromatic rings. The molecule has 4 heteroatoms. The van der Waals surface area contributed by atoms with Gasteiger partial charge in [0, 0.05) is 30.2 Å². The second kappa shape index (κ2) is 6.22. The van der Waals surface area contributed by atoms with Crippen LogP contribution in [0.1, 0.15) is 22.9 Å². The second-order valence-electron chi connectivity index (χ2n) is 4.91. The topological polar surface area (TPSA) is 29.9 Å². The number of aromatic nitrogens is 2. The average molecular weight is 278 g/mol. The highest BCUT2D eigenvalue weighted by Gasteiger charge is 2.14. The molecule has 1 unspecified atom stereocenters. The SMILES string of the molecule is CNCC(Cc1cc(C)nn1C)c1ccc(Cl)cc1. The highest BCUT2D eigenvalue weighted by molar-refractivity contribution is 6.30. The van der Waals surface area contributed by atoms with Crippen LogP contribution in [-0.2, 0) is 13.5 Å². The Morgan fingerprint density at radius 2 is 2.00 bits per heavy atom. The van der Waals surface area contributed by atoms with Crippen LogP contribution in [0.4, 0.5) is 0 Å². The first-order chi connectivity index (χ1) is 9.10. The molecule has 1 atom stereocenters. The maximum atomic E-state index is 5.95. The van der Waals surface area contributed by atoms with Crippen molar-refractivity contribution in [3.63, 3.8) is 0 Å². The lowest BCUT2D eigenvalue weighted by atomic mass is 9.94. The number of hydrogen-bond donors (Lipinski definition) is 1. The molecule has 19 heavy (non-hydrogen) atoms. The number of likely N-dealkylation sites (N-methyl/N-ethyl adjacent to an activating group) is 1. The molecule has 1 heterocycles. The Kier molecular flexibility index (Phi) is 4.61. The summed E-state index contributed by atoms with van der Waals surface area (Å²) in [5.74, 6) is 0.428. The maximum Gasteiger partial charge on any atom is 0.0596 e. The van der Waals surface area contributed by atoms with Crippen molar-refractivity contribution in [3.05, 3.63) is 52.3 Å². The Bertz CT molecular complexity index is 531. The van der Waals surface area contributed by atoms with E-state index in [0.717, 1.165) is 23.7 Å². The number of aryl methyl sites for hydroxylation is 2. The number of hydrogen-bond acceptors (Lipinski definition) is 2. The number of rotatable bonds is 5. The molecule has 0 aliphatic heterocycles. The summed E-state index contributed by atoms with van der Waals surface area (Å²) in [6, 6.07) is 10.3. The standard InChI is InChI=1S/C15H20ClN3/c1-11-8-15(19(3)18-11)9-13(10-17-2)12-4-6-14(16)7-5-12/h4-8,13,17H,9-10H2,1-3H3. The summed E-state index contributed by atoms with van der Waals surface area (Å²) in [7, 11) is 3.98. The predicted octanol–water partition coefficient (Wildman–Crippen LogP) is 2.93. The smallest absolute Gasteiger partial charge is 0.0596 e. The van der Waals surface area contributed by atoms with Crippen LogP contribution >= 0.6 is 11.6 Å². The number of nitrogens with one attached hydrogen (secondary N) is 1. The van der Waals surface area contributed by atoms with Crippen molar-refractivity contribution in [2.75, 3.05) is 13.6 Å². The van der Waals surface area contributed by atoms with E-state index in [4.69, 9.17) is 11.6 Å². The molecule has 0 fully saturated rings. The van der Waals surface area contributed by atoms with Crippen LogP contribution in [0.5, 0.6) is 0 Å². The maximum absolute atomic E-state index is 5.95. The first-order valence-corrected chi connectivity index (χ1v) is 6.87. The van der Waals surface area contributed by atoms with Crippen LogP contribution in [-0.4, -0.2) is 23.4 Å². The summed E-state index contributed by atoms with van der Waals surface area (Å²) >= 11 is 5.95. The van der Waals surface area contributed by atoms with Crippen LogP contribution < -0.4 is 5.32 Å². The van der Waals surface area contributed by atoms with Crippen molar-refractivity contribution in [2.24, 2.45) is 7.05 Å². The molecule has 1 N–H and O–H groups in total. The predicted molar refractivity (Wildman–Crippen MR) is 79.8 cm³/mol. The minimum atomic E-state index is 0.428. The van der Waals surface area contributed by atoms with Gasteiger partial charge in [-0.25, -0.2) is 0 Å². The summed E-state index contributed by atoms with van der Waals surface area (Å²) in [4.78, 5) is 0. The van der Waals surface area contributed by atoms with Crippen LogP contribution in [0, 0.1) is 6.92 Å². The molecular weight excluding hydrogens is 258 g/mol. The minimum Gasteiger partial charge on any atom is -0.319 e. The fourth-order valence-electron chi connectivity index (χ4n) is 2.40. The molecule has 0 saturated carbocycles. The Labute approximate surface area is 119 Å². The van der Waals surface area contributed by atoms with E-state index in [-0.39, 0.29) is 0 Å². The van der Waals surface area contributed by atoms with Gasteiger partial charge in [0.2, 0.25) is 0 Å². The molecule has 0 bridgehead atoms. The highest BCUT2D eigenvalue weighted by Crippen LogP contribution is 2.22. The quantitative estimate of drug-likeness (QED) is 0.911. The van der Waals surface area contributed by atoms with Crippen LogP contribution in [0.3, 0.4) is 0 Å². The van der Waals surface area contributed by atoms with Gasteiger partial charge in [-0.3, -0.25) is 4.68 Å². The molecule has 0 radical (unpaired) electrons. The Hall–Kier alpha value is -1.32. The third kappa shape index (κ3) is 3.58. The zero-order valence-corrected chi connectivity index (χ0v) is 12.4. The molecule has 1 aromatic carbocycles. The molecule has 3 nitrogen and oxygen atoms in total.